The van der Waals surface area contributed by atoms with Crippen molar-refractivity contribution in [2.24, 2.45) is 0 Å². The van der Waals surface area contributed by atoms with Gasteiger partial charge >= 0.3 is 5.97 Å². The Morgan fingerprint density at radius 1 is 1.23 bits per heavy atom. The fourth-order valence-corrected chi connectivity index (χ4v) is 2.99. The van der Waals surface area contributed by atoms with Crippen LogP contribution in [0.15, 0.2) is 42.5 Å². The highest BCUT2D eigenvalue weighted by Gasteiger charge is 2.40. The van der Waals surface area contributed by atoms with Gasteiger partial charge in [0.2, 0.25) is 0 Å². The molecule has 0 aliphatic heterocycles. The van der Waals surface area contributed by atoms with Gasteiger partial charge in [-0.1, -0.05) is 57.7 Å². The first-order valence-corrected chi connectivity index (χ1v) is 10.6. The molecule has 3 nitrogen and oxygen atoms in total. The first-order valence-electron chi connectivity index (χ1n) is 7.69. The Morgan fingerprint density at radius 2 is 1.77 bits per heavy atom. The lowest BCUT2D eigenvalue weighted by Crippen LogP contribution is -2.42. The summed E-state index contributed by atoms with van der Waals surface area (Å²) in [6.45, 7) is 16.9. The van der Waals surface area contributed by atoms with Gasteiger partial charge < -0.3 is 9.16 Å². The average molecular weight is 321 g/mol. The van der Waals surface area contributed by atoms with E-state index in [9.17, 15) is 4.79 Å². The zero-order valence-corrected chi connectivity index (χ0v) is 15.6. The summed E-state index contributed by atoms with van der Waals surface area (Å²) in [5.41, 5.74) is 1.29. The SMILES string of the molecule is C=C(C(=O)OCC)C(O[Si](C)(C)C(C)(C)C)c1ccccc1. The van der Waals surface area contributed by atoms with Crippen LogP contribution in [0.3, 0.4) is 0 Å². The van der Waals surface area contributed by atoms with E-state index < -0.39 is 20.4 Å². The van der Waals surface area contributed by atoms with Gasteiger partial charge in [0.15, 0.2) is 8.32 Å². The van der Waals surface area contributed by atoms with Crippen LogP contribution in [0.2, 0.25) is 18.1 Å². The second-order valence-corrected chi connectivity index (χ2v) is 11.7. The predicted molar refractivity (Wildman–Crippen MR) is 93.2 cm³/mol. The van der Waals surface area contributed by atoms with E-state index in [2.05, 4.69) is 40.4 Å². The van der Waals surface area contributed by atoms with Crippen molar-refractivity contribution in [2.45, 2.75) is 51.9 Å². The standard InChI is InChI=1S/C18H28O3Si/c1-8-20-17(19)14(2)16(15-12-10-9-11-13-15)21-22(6,7)18(3,4)5/h9-13,16H,2,8H2,1,3-7H3. The van der Waals surface area contributed by atoms with Crippen molar-refractivity contribution < 1.29 is 14.0 Å². The van der Waals surface area contributed by atoms with E-state index in [1.807, 2.05) is 30.3 Å². The number of benzene rings is 1. The van der Waals surface area contributed by atoms with Gasteiger partial charge in [-0.2, -0.15) is 0 Å². The number of carbonyl (C=O) groups is 1. The van der Waals surface area contributed by atoms with E-state index in [1.54, 1.807) is 6.92 Å². The molecule has 0 N–H and O–H groups in total. The fourth-order valence-electron chi connectivity index (χ4n) is 1.77. The van der Waals surface area contributed by atoms with Crippen molar-refractivity contribution in [2.75, 3.05) is 6.61 Å². The van der Waals surface area contributed by atoms with Crippen molar-refractivity contribution in [3.8, 4) is 0 Å². The van der Waals surface area contributed by atoms with Crippen molar-refractivity contribution in [1.82, 2.24) is 0 Å². The van der Waals surface area contributed by atoms with Crippen molar-refractivity contribution in [3.05, 3.63) is 48.0 Å². The predicted octanol–water partition coefficient (Wildman–Crippen LogP) is 4.87. The third kappa shape index (κ3) is 4.55. The monoisotopic (exact) mass is 320 g/mol. The number of ether oxygens (including phenoxy) is 1. The number of esters is 1. The molecular formula is C18H28O3Si. The minimum Gasteiger partial charge on any atom is -0.463 e. The van der Waals surface area contributed by atoms with E-state index >= 15 is 0 Å². The highest BCUT2D eigenvalue weighted by molar-refractivity contribution is 6.74. The number of carbonyl (C=O) groups excluding carboxylic acids is 1. The van der Waals surface area contributed by atoms with Crippen LogP contribution in [-0.4, -0.2) is 20.9 Å². The van der Waals surface area contributed by atoms with Gasteiger partial charge in [-0.15, -0.1) is 0 Å². The van der Waals surface area contributed by atoms with Gasteiger partial charge in [-0.3, -0.25) is 0 Å². The van der Waals surface area contributed by atoms with Gasteiger partial charge in [0, 0.05) is 0 Å². The Kier molecular flexibility index (Phi) is 6.14. The molecule has 4 heteroatoms. The van der Waals surface area contributed by atoms with Gasteiger partial charge in [0.1, 0.15) is 6.10 Å². The maximum absolute atomic E-state index is 12.1. The highest BCUT2D eigenvalue weighted by Crippen LogP contribution is 2.41. The van der Waals surface area contributed by atoms with E-state index in [1.165, 1.54) is 0 Å². The van der Waals surface area contributed by atoms with E-state index in [-0.39, 0.29) is 5.04 Å². The average Bonchev–Trinajstić information content (AvgIpc) is 2.44. The molecule has 1 aromatic rings. The molecule has 0 saturated heterocycles. The normalized spacial score (nSPS) is 13.5. The summed E-state index contributed by atoms with van der Waals surface area (Å²) in [6.07, 6.45) is -0.457. The molecule has 0 saturated carbocycles. The molecule has 1 aromatic carbocycles. The minimum absolute atomic E-state index is 0.0506. The highest BCUT2D eigenvalue weighted by atomic mass is 28.4. The maximum atomic E-state index is 12.1. The molecule has 0 radical (unpaired) electrons. The molecule has 0 amide bonds. The van der Waals surface area contributed by atoms with Crippen LogP contribution in [0, 0.1) is 0 Å². The lowest BCUT2D eigenvalue weighted by atomic mass is 10.0. The zero-order chi connectivity index (χ0) is 17.0. The van der Waals surface area contributed by atoms with Crippen molar-refractivity contribution >= 4 is 14.3 Å². The van der Waals surface area contributed by atoms with Crippen LogP contribution in [-0.2, 0) is 14.0 Å². The molecule has 1 unspecified atom stereocenters. The number of rotatable bonds is 6. The summed E-state index contributed by atoms with van der Waals surface area (Å²) in [5.74, 6) is -0.393. The first-order chi connectivity index (χ1) is 10.1. The second-order valence-electron chi connectivity index (χ2n) is 6.91. The van der Waals surface area contributed by atoms with Crippen LogP contribution < -0.4 is 0 Å². The Morgan fingerprint density at radius 3 is 2.23 bits per heavy atom. The second kappa shape index (κ2) is 7.25. The van der Waals surface area contributed by atoms with Crippen LogP contribution in [0.1, 0.15) is 39.4 Å². The Hall–Kier alpha value is -1.39. The molecule has 22 heavy (non-hydrogen) atoms. The smallest absolute Gasteiger partial charge is 0.336 e. The van der Waals surface area contributed by atoms with Gasteiger partial charge in [0.05, 0.1) is 12.2 Å². The molecule has 122 valence electrons. The lowest BCUT2D eigenvalue weighted by molar-refractivity contribution is -0.139. The molecule has 0 fully saturated rings. The first kappa shape index (κ1) is 18.7. The van der Waals surface area contributed by atoms with Crippen LogP contribution >= 0.6 is 0 Å². The Bertz CT molecular complexity index is 515. The summed E-state index contributed by atoms with van der Waals surface area (Å²) in [6, 6.07) is 9.75. The summed E-state index contributed by atoms with van der Waals surface area (Å²) in [7, 11) is -2.05. The molecule has 1 rings (SSSR count). The van der Waals surface area contributed by atoms with Crippen molar-refractivity contribution in [1.29, 1.82) is 0 Å². The Labute approximate surface area is 135 Å². The number of hydrogen-bond donors (Lipinski definition) is 0. The molecular weight excluding hydrogens is 292 g/mol. The fraction of sp³-hybridized carbons (Fsp3) is 0.500. The van der Waals surface area contributed by atoms with Gasteiger partial charge in [0.25, 0.3) is 0 Å². The van der Waals surface area contributed by atoms with E-state index in [4.69, 9.17) is 9.16 Å². The minimum atomic E-state index is -2.05. The number of hydrogen-bond acceptors (Lipinski definition) is 3. The third-order valence-corrected chi connectivity index (χ3v) is 8.61. The molecule has 1 atom stereocenters. The molecule has 0 aliphatic carbocycles. The van der Waals surface area contributed by atoms with E-state index in [0.29, 0.717) is 12.2 Å². The molecule has 0 aliphatic rings. The summed E-state index contributed by atoms with van der Waals surface area (Å²) in [5, 5.41) is 0.0506. The quantitative estimate of drug-likeness (QED) is 0.426. The summed E-state index contributed by atoms with van der Waals surface area (Å²) < 4.78 is 11.6. The third-order valence-electron chi connectivity index (χ3n) is 4.18. The van der Waals surface area contributed by atoms with Crippen LogP contribution in [0.25, 0.3) is 0 Å². The molecule has 0 heterocycles. The van der Waals surface area contributed by atoms with Crippen LogP contribution in [0.4, 0.5) is 0 Å². The van der Waals surface area contributed by atoms with Gasteiger partial charge in [-0.05, 0) is 30.6 Å². The summed E-state index contributed by atoms with van der Waals surface area (Å²) >= 11 is 0. The molecule has 0 aromatic heterocycles. The molecule has 0 bridgehead atoms. The molecule has 0 spiro atoms. The Balaban J connectivity index is 3.14. The zero-order valence-electron chi connectivity index (χ0n) is 14.6. The lowest BCUT2D eigenvalue weighted by Gasteiger charge is -2.39. The topological polar surface area (TPSA) is 35.5 Å². The van der Waals surface area contributed by atoms with E-state index in [0.717, 1.165) is 5.56 Å². The van der Waals surface area contributed by atoms with Gasteiger partial charge in [-0.25, -0.2) is 4.79 Å². The van der Waals surface area contributed by atoms with Crippen LogP contribution in [0.5, 0.6) is 0 Å². The summed E-state index contributed by atoms with van der Waals surface area (Å²) in [4.78, 5) is 12.1. The maximum Gasteiger partial charge on any atom is 0.336 e. The van der Waals surface area contributed by atoms with Crippen molar-refractivity contribution in [3.63, 3.8) is 0 Å². The largest absolute Gasteiger partial charge is 0.463 e.